The molecule has 0 saturated heterocycles. The molecular formula is C14H20N2O3. The minimum Gasteiger partial charge on any atom is -0.466 e. The van der Waals surface area contributed by atoms with E-state index < -0.39 is 0 Å². The number of carbonyl (C=O) groups excluding carboxylic acids is 2. The van der Waals surface area contributed by atoms with Gasteiger partial charge in [0.1, 0.15) is 0 Å². The van der Waals surface area contributed by atoms with Crippen LogP contribution in [0, 0.1) is 0 Å². The molecule has 0 radical (unpaired) electrons. The molecule has 1 aromatic carbocycles. The topological polar surface area (TPSA) is 67.4 Å². The lowest BCUT2D eigenvalue weighted by Crippen LogP contribution is -2.34. The highest BCUT2D eigenvalue weighted by atomic mass is 16.5. The number of carbonyl (C=O) groups is 2. The van der Waals surface area contributed by atoms with Crippen molar-refractivity contribution < 1.29 is 14.3 Å². The summed E-state index contributed by atoms with van der Waals surface area (Å²) in [5.41, 5.74) is 1.06. The van der Waals surface area contributed by atoms with Gasteiger partial charge >= 0.3 is 5.97 Å². The zero-order chi connectivity index (χ0) is 13.9. The maximum atomic E-state index is 11.5. The molecule has 1 amide bonds. The van der Waals surface area contributed by atoms with Crippen LogP contribution in [0.1, 0.15) is 18.9 Å². The van der Waals surface area contributed by atoms with E-state index in [1.165, 1.54) is 0 Å². The number of ether oxygens (including phenoxy) is 1. The second-order valence-electron chi connectivity index (χ2n) is 3.99. The molecule has 1 rings (SSSR count). The molecule has 0 fully saturated rings. The van der Waals surface area contributed by atoms with Gasteiger partial charge in [-0.15, -0.1) is 0 Å². The lowest BCUT2D eigenvalue weighted by Gasteiger charge is -2.06. The van der Waals surface area contributed by atoms with Gasteiger partial charge in [0.2, 0.25) is 5.91 Å². The van der Waals surface area contributed by atoms with Crippen LogP contribution in [0.15, 0.2) is 30.3 Å². The second-order valence-corrected chi connectivity index (χ2v) is 3.99. The van der Waals surface area contributed by atoms with E-state index in [9.17, 15) is 9.59 Å². The van der Waals surface area contributed by atoms with Crippen LogP contribution in [0.3, 0.4) is 0 Å². The SMILES string of the molecule is CCOC(=O)CCNCC(=O)NCc1ccccc1. The van der Waals surface area contributed by atoms with Crippen molar-refractivity contribution in [2.24, 2.45) is 0 Å². The molecule has 104 valence electrons. The summed E-state index contributed by atoms with van der Waals surface area (Å²) in [5, 5.41) is 5.69. The lowest BCUT2D eigenvalue weighted by atomic mass is 10.2. The summed E-state index contributed by atoms with van der Waals surface area (Å²) in [7, 11) is 0. The van der Waals surface area contributed by atoms with E-state index in [1.807, 2.05) is 30.3 Å². The van der Waals surface area contributed by atoms with Crippen molar-refractivity contribution in [1.29, 1.82) is 0 Å². The molecule has 0 aromatic heterocycles. The summed E-state index contributed by atoms with van der Waals surface area (Å²) in [4.78, 5) is 22.5. The Morgan fingerprint density at radius 1 is 1.21 bits per heavy atom. The molecule has 0 spiro atoms. The fourth-order valence-electron chi connectivity index (χ4n) is 1.48. The Morgan fingerprint density at radius 3 is 2.63 bits per heavy atom. The van der Waals surface area contributed by atoms with Crippen molar-refractivity contribution >= 4 is 11.9 Å². The van der Waals surface area contributed by atoms with E-state index >= 15 is 0 Å². The number of benzene rings is 1. The molecule has 1 aromatic rings. The molecule has 0 atom stereocenters. The van der Waals surface area contributed by atoms with Crippen molar-refractivity contribution in [3.63, 3.8) is 0 Å². The molecule has 5 heteroatoms. The van der Waals surface area contributed by atoms with Crippen LogP contribution in [0.25, 0.3) is 0 Å². The van der Waals surface area contributed by atoms with E-state index in [0.717, 1.165) is 5.56 Å². The number of rotatable bonds is 8. The first-order valence-electron chi connectivity index (χ1n) is 6.39. The second kappa shape index (κ2) is 9.10. The van der Waals surface area contributed by atoms with Crippen molar-refractivity contribution in [1.82, 2.24) is 10.6 Å². The van der Waals surface area contributed by atoms with Crippen LogP contribution in [0.4, 0.5) is 0 Å². The Morgan fingerprint density at radius 2 is 1.95 bits per heavy atom. The molecule has 0 bridgehead atoms. The van der Waals surface area contributed by atoms with Gasteiger partial charge in [0.25, 0.3) is 0 Å². The van der Waals surface area contributed by atoms with Crippen molar-refractivity contribution in [2.75, 3.05) is 19.7 Å². The Labute approximate surface area is 113 Å². The van der Waals surface area contributed by atoms with Crippen LogP contribution >= 0.6 is 0 Å². The van der Waals surface area contributed by atoms with E-state index in [-0.39, 0.29) is 24.8 Å². The first kappa shape index (κ1) is 15.2. The normalized spacial score (nSPS) is 9.95. The van der Waals surface area contributed by atoms with Gasteiger partial charge in [-0.3, -0.25) is 9.59 Å². The first-order valence-corrected chi connectivity index (χ1v) is 6.39. The quantitative estimate of drug-likeness (QED) is 0.539. The van der Waals surface area contributed by atoms with Crippen molar-refractivity contribution in [3.05, 3.63) is 35.9 Å². The van der Waals surface area contributed by atoms with Gasteiger partial charge in [0.05, 0.1) is 19.6 Å². The van der Waals surface area contributed by atoms with Gasteiger partial charge in [-0.1, -0.05) is 30.3 Å². The summed E-state index contributed by atoms with van der Waals surface area (Å²) < 4.78 is 4.77. The third kappa shape index (κ3) is 7.21. The largest absolute Gasteiger partial charge is 0.466 e. The smallest absolute Gasteiger partial charge is 0.307 e. The Kier molecular flexibility index (Phi) is 7.27. The van der Waals surface area contributed by atoms with Gasteiger partial charge in [0, 0.05) is 13.1 Å². The summed E-state index contributed by atoms with van der Waals surface area (Å²) >= 11 is 0. The van der Waals surface area contributed by atoms with Crippen molar-refractivity contribution in [3.8, 4) is 0 Å². The Bertz CT molecular complexity index is 393. The Hall–Kier alpha value is -1.88. The van der Waals surface area contributed by atoms with Crippen LogP contribution in [0.2, 0.25) is 0 Å². The van der Waals surface area contributed by atoms with Gasteiger partial charge < -0.3 is 15.4 Å². The van der Waals surface area contributed by atoms with Crippen LogP contribution < -0.4 is 10.6 Å². The van der Waals surface area contributed by atoms with Crippen LogP contribution in [0.5, 0.6) is 0 Å². The third-order valence-electron chi connectivity index (χ3n) is 2.43. The Balaban J connectivity index is 2.07. The van der Waals surface area contributed by atoms with Crippen LogP contribution in [-0.2, 0) is 20.9 Å². The van der Waals surface area contributed by atoms with Crippen molar-refractivity contribution in [2.45, 2.75) is 19.9 Å². The van der Waals surface area contributed by atoms with Gasteiger partial charge in [-0.05, 0) is 12.5 Å². The van der Waals surface area contributed by atoms with E-state index in [2.05, 4.69) is 10.6 Å². The van der Waals surface area contributed by atoms with Gasteiger partial charge in [0.15, 0.2) is 0 Å². The number of nitrogens with one attached hydrogen (secondary N) is 2. The highest BCUT2D eigenvalue weighted by Crippen LogP contribution is 1.96. The number of amides is 1. The van der Waals surface area contributed by atoms with Gasteiger partial charge in [-0.2, -0.15) is 0 Å². The maximum Gasteiger partial charge on any atom is 0.307 e. The van der Waals surface area contributed by atoms with Crippen LogP contribution in [-0.4, -0.2) is 31.6 Å². The minimum atomic E-state index is -0.250. The summed E-state index contributed by atoms with van der Waals surface area (Å²) in [5.74, 6) is -0.340. The number of hydrogen-bond donors (Lipinski definition) is 2. The highest BCUT2D eigenvalue weighted by Gasteiger charge is 2.03. The zero-order valence-electron chi connectivity index (χ0n) is 11.1. The fraction of sp³-hybridized carbons (Fsp3) is 0.429. The molecule has 5 nitrogen and oxygen atoms in total. The standard InChI is InChI=1S/C14H20N2O3/c1-2-19-14(18)8-9-15-11-13(17)16-10-12-6-4-3-5-7-12/h3-7,15H,2,8-11H2,1H3,(H,16,17). The van der Waals surface area contributed by atoms with E-state index in [1.54, 1.807) is 6.92 Å². The minimum absolute atomic E-state index is 0.0901. The number of hydrogen-bond acceptors (Lipinski definition) is 4. The molecule has 0 saturated carbocycles. The molecule has 0 heterocycles. The highest BCUT2D eigenvalue weighted by molar-refractivity contribution is 5.78. The molecule has 2 N–H and O–H groups in total. The molecular weight excluding hydrogens is 244 g/mol. The van der Waals surface area contributed by atoms with Gasteiger partial charge in [-0.25, -0.2) is 0 Å². The monoisotopic (exact) mass is 264 g/mol. The molecule has 0 aliphatic heterocycles. The van der Waals surface area contributed by atoms with E-state index in [0.29, 0.717) is 19.7 Å². The lowest BCUT2D eigenvalue weighted by molar-refractivity contribution is -0.143. The zero-order valence-corrected chi connectivity index (χ0v) is 11.1. The third-order valence-corrected chi connectivity index (χ3v) is 2.43. The molecule has 19 heavy (non-hydrogen) atoms. The predicted octanol–water partition coefficient (Wildman–Crippen LogP) is 0.846. The molecule has 0 unspecified atom stereocenters. The summed E-state index contributed by atoms with van der Waals surface area (Å²) in [6.45, 7) is 3.31. The summed E-state index contributed by atoms with van der Waals surface area (Å²) in [6.07, 6.45) is 0.278. The average molecular weight is 264 g/mol. The summed E-state index contributed by atoms with van der Waals surface area (Å²) in [6, 6.07) is 9.70. The molecule has 0 aliphatic carbocycles. The predicted molar refractivity (Wildman–Crippen MR) is 72.4 cm³/mol. The average Bonchev–Trinajstić information content (AvgIpc) is 2.43. The maximum absolute atomic E-state index is 11.5. The first-order chi connectivity index (χ1) is 9.22. The molecule has 0 aliphatic rings. The fourth-order valence-corrected chi connectivity index (χ4v) is 1.48. The number of esters is 1. The van der Waals surface area contributed by atoms with E-state index in [4.69, 9.17) is 4.74 Å².